The summed E-state index contributed by atoms with van der Waals surface area (Å²) in [6.45, 7) is 21.6. The summed E-state index contributed by atoms with van der Waals surface area (Å²) in [6, 6.07) is 9.55. The van der Waals surface area contributed by atoms with Crippen LogP contribution in [0.1, 0.15) is 184 Å². The third-order valence-corrected chi connectivity index (χ3v) is 25.5. The summed E-state index contributed by atoms with van der Waals surface area (Å²) >= 11 is 0. The standard InChI is InChI=1S/C31H39F2N4O6.2C30H37F2N4O6.3V/c1-6-19-23(16-38)37-15-25(19)42-27-21(34-20-10-9-18(41-5)13-22(20)35-27)8-7-11-31(32,33)14-17-12-24(17)43-29(40)36-26(28(37)39)30(2,3)4;1-16-22(15-37)36-14-24(16)41-26-20(33-19-7-6-18(40-5)13-21(19)34-26)9-11-30(31,32)10-8-17-12-23(17)42-28(39)35-25(27(36)38)29(2,3)4;1-16-22(15-37)36-14-24(16)41-26-20(33-19-9-8-18(40-5)12-21(19)34-26)7-6-10-30(31,32)13-17-11-23(17)42-28(39)35-25(27(36)38)29(2,3)4;;;/h9-10,13,17,19,23-26H,6-8,11-12,14-15H2,1-5H3,(H,36,40);6-7,13,16-17,22-25H,8-12,14H2,1-5H3,(H,35,39);8-9,12,16-17,22-25H,6-7,10-11,13-14H2,1-5H3,(H,35,39);;;/q3*-1;;;/t17-,19-,23+,24+,25-,26+;16-,17+,22+,23+,24-,25+;16-,17-,22+,23+,24-,25+;;;/m000.../s1. The molecule has 3 aromatic carbocycles. The summed E-state index contributed by atoms with van der Waals surface area (Å²) in [4.78, 5) is 149. The molecule has 6 fully saturated rings. The van der Waals surface area contributed by atoms with E-state index in [9.17, 15) is 60.7 Å². The molecule has 3 N–H and O–H groups in total. The first kappa shape index (κ1) is 103. The zero-order valence-electron chi connectivity index (χ0n) is 75.5. The molecule has 3 aliphatic carbocycles. The Hall–Kier alpha value is -8.96. The van der Waals surface area contributed by atoms with Gasteiger partial charge < -0.3 is 87.7 Å². The number of amides is 6. The average Bonchev–Trinajstić information content (AvgIpc) is 1.62. The number of hydrogen-bond acceptors (Lipinski definition) is 24. The molecular weight excluding hydrogens is 1820 g/mol. The molecule has 130 heavy (non-hydrogen) atoms. The van der Waals surface area contributed by atoms with Crippen LogP contribution in [0.4, 0.5) is 40.7 Å². The van der Waals surface area contributed by atoms with Gasteiger partial charge in [-0.1, -0.05) is 108 Å². The predicted molar refractivity (Wildman–Crippen MR) is 449 cm³/mol. The van der Waals surface area contributed by atoms with Gasteiger partial charge in [0, 0.05) is 131 Å². The number of benzene rings is 3. The molecule has 0 unspecified atom stereocenters. The van der Waals surface area contributed by atoms with Crippen LogP contribution in [0.3, 0.4) is 0 Å². The van der Waals surface area contributed by atoms with E-state index < -0.39 is 192 Å². The Morgan fingerprint density at radius 3 is 1.08 bits per heavy atom. The van der Waals surface area contributed by atoms with E-state index in [1.807, 2.05) is 25.8 Å². The van der Waals surface area contributed by atoms with E-state index >= 15 is 8.78 Å². The van der Waals surface area contributed by atoms with Gasteiger partial charge in [-0.15, -0.1) is 0 Å². The van der Waals surface area contributed by atoms with Gasteiger partial charge in [-0.2, -0.15) is 0 Å². The fourth-order valence-electron chi connectivity index (χ4n) is 17.6. The zero-order chi connectivity index (χ0) is 91.9. The van der Waals surface area contributed by atoms with Crippen LogP contribution in [0.2, 0.25) is 0 Å². The summed E-state index contributed by atoms with van der Waals surface area (Å²) in [6.07, 6.45) is -0.311. The number of hydrogen-bond donors (Lipinski definition) is 3. The van der Waals surface area contributed by atoms with Crippen molar-refractivity contribution in [1.29, 1.82) is 0 Å². The molecule has 0 spiro atoms. The second kappa shape index (κ2) is 41.7. The monoisotopic (exact) mass is 1930 g/mol. The summed E-state index contributed by atoms with van der Waals surface area (Å²) < 4.78 is 141. The van der Waals surface area contributed by atoms with Crippen molar-refractivity contribution in [2.75, 3.05) is 41.0 Å². The molecule has 3 radical (unpaired) electrons. The normalized spacial score (nSPS) is 29.3. The molecule has 3 saturated heterocycles. The van der Waals surface area contributed by atoms with Crippen LogP contribution in [0.15, 0.2) is 54.6 Å². The summed E-state index contributed by atoms with van der Waals surface area (Å²) in [5.41, 5.74) is 1.95. The van der Waals surface area contributed by atoms with Crippen molar-refractivity contribution in [1.82, 2.24) is 60.6 Å². The molecule has 6 bridgehead atoms. The van der Waals surface area contributed by atoms with E-state index in [0.717, 1.165) is 0 Å². The van der Waals surface area contributed by atoms with E-state index in [0.29, 0.717) is 87.4 Å². The van der Waals surface area contributed by atoms with Crippen LogP contribution in [0.5, 0.6) is 34.9 Å². The number of rotatable bonds is 7. The Morgan fingerprint density at radius 1 is 0.415 bits per heavy atom. The van der Waals surface area contributed by atoms with E-state index in [1.54, 1.807) is 131 Å². The molecule has 9 aliphatic rings. The van der Waals surface area contributed by atoms with Crippen LogP contribution < -0.4 is 44.4 Å². The maximum Gasteiger partial charge on any atom is 0.408 e. The largest absolute Gasteiger partial charge is 0.540 e. The Labute approximate surface area is 787 Å². The van der Waals surface area contributed by atoms with Gasteiger partial charge in [0.15, 0.2) is 0 Å². The smallest absolute Gasteiger partial charge is 0.408 e. The van der Waals surface area contributed by atoms with Gasteiger partial charge >= 0.3 is 18.3 Å². The van der Waals surface area contributed by atoms with Gasteiger partial charge in [0.1, 0.15) is 89.1 Å². The number of alkyl carbamates (subject to hydrolysis) is 3. The van der Waals surface area contributed by atoms with Crippen molar-refractivity contribution in [3.63, 3.8) is 0 Å². The van der Waals surface area contributed by atoms with Crippen molar-refractivity contribution in [3.05, 3.63) is 71.7 Å². The van der Waals surface area contributed by atoms with Crippen LogP contribution in [0, 0.1) is 51.8 Å². The van der Waals surface area contributed by atoms with E-state index in [4.69, 9.17) is 57.6 Å². The number of halogens is 6. The Kier molecular flexibility index (Phi) is 33.1. The molecule has 6 aromatic rings. The van der Waals surface area contributed by atoms with Crippen molar-refractivity contribution in [3.8, 4) is 34.9 Å². The van der Waals surface area contributed by atoms with Gasteiger partial charge in [0.25, 0.3) is 0 Å². The quantitative estimate of drug-likeness (QED) is 0.0759. The fourth-order valence-corrected chi connectivity index (χ4v) is 17.6. The number of carbonyl (C=O) groups excluding carboxylic acids is 9. The molecule has 15 rings (SSSR count). The van der Waals surface area contributed by atoms with E-state index in [1.165, 1.54) is 36.0 Å². The molecule has 18 atom stereocenters. The topological polar surface area (TPSA) is 360 Å². The SMILES string of the molecule is CC[C@@H]1[C@@H]2CN(C(=O)[C@H](C(C)(C)C)NC(=O)O[C@@H]3C[C@H]3CC(F)(F)CCCc3nc4ccc(OC)cc4nc3O2)[C@@H]1[C-]=O.COc1ccc2nc3c(nc2c1)O[C@H]1CN(C(=O)[C@H](C(C)(C)C)NC(=O)O[C@@H]2C[C@H]2CC(F)(F)CCC3)[C@H]([C-]=O)[C@@H]1C.COc1ccc2nc3c(nc2c1)O[C@H]1CN(C(=O)[C@H](C(C)(C)C)NC(=O)O[C@@H]2C[C@H]2CCC(F)(F)CC3)[C@H]([C-]=O)[C@@H]1C.[V].[V].[V]. The molecule has 6 aliphatic heterocycles. The van der Waals surface area contributed by atoms with Gasteiger partial charge in [-0.3, -0.25) is 14.4 Å². The molecule has 39 heteroatoms. The van der Waals surface area contributed by atoms with Crippen LogP contribution >= 0.6 is 0 Å². The first-order chi connectivity index (χ1) is 59.9. The zero-order valence-corrected chi connectivity index (χ0v) is 79.7. The van der Waals surface area contributed by atoms with Crippen molar-refractivity contribution < 1.29 is 168 Å². The maximum atomic E-state index is 15.0. The molecule has 3 aromatic heterocycles. The van der Waals surface area contributed by atoms with Gasteiger partial charge in [-0.05, 0) is 128 Å². The molecular formula is C91H113F6N12O18V3-3. The van der Waals surface area contributed by atoms with Gasteiger partial charge in [-0.25, -0.2) is 89.5 Å². The molecule has 9 heterocycles. The van der Waals surface area contributed by atoms with E-state index in [-0.39, 0.29) is 162 Å². The minimum Gasteiger partial charge on any atom is -0.540 e. The average molecular weight is 1930 g/mol. The number of carbonyl (C=O) groups is 6. The second-order valence-electron chi connectivity index (χ2n) is 38.3. The van der Waals surface area contributed by atoms with Crippen LogP contribution in [-0.2, 0) is 118 Å². The fraction of sp³-hybridized carbons (Fsp3) is 0.637. The molecule has 6 amide bonds. The van der Waals surface area contributed by atoms with Crippen molar-refractivity contribution >= 4 is 88.0 Å². The summed E-state index contributed by atoms with van der Waals surface area (Å²) in [5, 5.41) is 7.95. The molecule has 705 valence electrons. The predicted octanol–water partition coefficient (Wildman–Crippen LogP) is 13.1. The first-order valence-electron chi connectivity index (χ1n) is 43.6. The van der Waals surface area contributed by atoms with Gasteiger partial charge in [0.2, 0.25) is 53.1 Å². The number of fused-ring (bicyclic) bond motifs is 15. The number of aryl methyl sites for hydroxylation is 3. The number of nitrogens with one attached hydrogen (secondary N) is 3. The van der Waals surface area contributed by atoms with Crippen LogP contribution in [0.25, 0.3) is 33.1 Å². The van der Waals surface area contributed by atoms with Crippen LogP contribution in [-0.4, -0.2) is 231 Å². The summed E-state index contributed by atoms with van der Waals surface area (Å²) in [5.74, 6) is -10.8. The molecule has 30 nitrogen and oxygen atoms in total. The summed E-state index contributed by atoms with van der Waals surface area (Å²) in [7, 11) is 4.59. The second-order valence-corrected chi connectivity index (χ2v) is 38.3. The van der Waals surface area contributed by atoms with Gasteiger partial charge in [0.05, 0.1) is 74.1 Å². The number of methoxy groups -OCH3 is 3. The third-order valence-electron chi connectivity index (χ3n) is 25.5. The minimum atomic E-state index is -2.98. The minimum absolute atomic E-state index is 0. The Morgan fingerprint density at radius 2 is 0.738 bits per heavy atom. The first-order valence-corrected chi connectivity index (χ1v) is 43.6. The Bertz CT molecular complexity index is 5110. The maximum absolute atomic E-state index is 15.0. The van der Waals surface area contributed by atoms with Crippen molar-refractivity contribution in [2.45, 2.75) is 276 Å². The number of aromatic nitrogens is 6. The number of ether oxygens (including phenoxy) is 9. The molecule has 3 saturated carbocycles. The number of alkyl halides is 6. The Balaban J connectivity index is 0.000000200. The van der Waals surface area contributed by atoms with Crippen molar-refractivity contribution in [2.24, 2.45) is 51.8 Å². The van der Waals surface area contributed by atoms with E-state index in [2.05, 4.69) is 30.9 Å². The number of nitrogens with zero attached hydrogens (tertiary/aromatic N) is 9. The third kappa shape index (κ3) is 24.5.